The first kappa shape index (κ1) is 24.4. The van der Waals surface area contributed by atoms with Crippen LogP contribution in [-0.2, 0) is 4.79 Å². The quantitative estimate of drug-likeness (QED) is 0.322. The van der Waals surface area contributed by atoms with Gasteiger partial charge in [-0.25, -0.2) is 0 Å². The Morgan fingerprint density at radius 2 is 1.57 bits per heavy atom. The van der Waals surface area contributed by atoms with Gasteiger partial charge in [0.05, 0.1) is 26.2 Å². The minimum absolute atomic E-state index is 0.180. The fourth-order valence-corrected chi connectivity index (χ4v) is 5.50. The summed E-state index contributed by atoms with van der Waals surface area (Å²) >= 11 is 1.51. The van der Waals surface area contributed by atoms with Crippen LogP contribution in [0.1, 0.15) is 32.8 Å². The van der Waals surface area contributed by atoms with Crippen molar-refractivity contribution in [1.82, 2.24) is 4.90 Å². The lowest BCUT2D eigenvalue weighted by Gasteiger charge is -2.39. The smallest absolute Gasteiger partial charge is 0.254 e. The Morgan fingerprint density at radius 3 is 2.22 bits per heavy atom. The third-order valence-electron chi connectivity index (χ3n) is 6.39. The summed E-state index contributed by atoms with van der Waals surface area (Å²) in [6.07, 6.45) is 0. The molecular formula is C29H26N2O5S. The summed E-state index contributed by atoms with van der Waals surface area (Å²) in [6.45, 7) is 0. The average Bonchev–Trinajstić information content (AvgIpc) is 3.46. The van der Waals surface area contributed by atoms with Crippen LogP contribution in [0.3, 0.4) is 0 Å². The number of rotatable bonds is 7. The van der Waals surface area contributed by atoms with E-state index in [1.807, 2.05) is 47.8 Å². The lowest BCUT2D eigenvalue weighted by atomic mass is 9.81. The molecular weight excluding hydrogens is 488 g/mol. The second kappa shape index (κ2) is 10.4. The van der Waals surface area contributed by atoms with Crippen molar-refractivity contribution in [2.45, 2.75) is 12.0 Å². The van der Waals surface area contributed by atoms with E-state index in [9.17, 15) is 9.59 Å². The molecule has 2 heterocycles. The Labute approximate surface area is 219 Å². The number of nitrogens with zero attached hydrogens (tertiary/aromatic N) is 1. The Morgan fingerprint density at radius 1 is 0.892 bits per heavy atom. The monoisotopic (exact) mass is 514 g/mol. The van der Waals surface area contributed by atoms with Gasteiger partial charge in [0.25, 0.3) is 5.91 Å². The van der Waals surface area contributed by atoms with Crippen molar-refractivity contribution in [1.29, 1.82) is 0 Å². The van der Waals surface area contributed by atoms with Gasteiger partial charge in [0.15, 0.2) is 11.5 Å². The topological polar surface area (TPSA) is 77.1 Å². The predicted molar refractivity (Wildman–Crippen MR) is 143 cm³/mol. The van der Waals surface area contributed by atoms with Gasteiger partial charge in [0, 0.05) is 23.2 Å². The first-order valence-electron chi connectivity index (χ1n) is 11.7. The summed E-state index contributed by atoms with van der Waals surface area (Å²) in [7, 11) is 4.78. The van der Waals surface area contributed by atoms with Crippen molar-refractivity contribution < 1.29 is 23.8 Å². The summed E-state index contributed by atoms with van der Waals surface area (Å²) in [4.78, 5) is 29.8. The lowest BCUT2D eigenvalue weighted by Crippen LogP contribution is -2.43. The van der Waals surface area contributed by atoms with Crippen LogP contribution in [0.5, 0.6) is 23.0 Å². The molecule has 1 aliphatic rings. The number of benzene rings is 3. The Bertz CT molecular complexity index is 1400. The van der Waals surface area contributed by atoms with E-state index in [4.69, 9.17) is 14.2 Å². The minimum Gasteiger partial charge on any atom is -0.493 e. The normalized spacial score (nSPS) is 16.6. The molecule has 5 rings (SSSR count). The van der Waals surface area contributed by atoms with Gasteiger partial charge in [-0.1, -0.05) is 24.3 Å². The molecule has 2 amide bonds. The second-order valence-electron chi connectivity index (χ2n) is 8.58. The van der Waals surface area contributed by atoms with Crippen molar-refractivity contribution in [2.75, 3.05) is 26.6 Å². The Kier molecular flexibility index (Phi) is 6.83. The summed E-state index contributed by atoms with van der Waals surface area (Å²) in [6, 6.07) is 23.5. The molecule has 0 bridgehead atoms. The summed E-state index contributed by atoms with van der Waals surface area (Å²) in [5, 5.41) is 4.98. The van der Waals surface area contributed by atoms with Crippen molar-refractivity contribution in [2.24, 2.45) is 0 Å². The number of thiophene rings is 1. The van der Waals surface area contributed by atoms with Gasteiger partial charge in [0.1, 0.15) is 11.5 Å². The first-order chi connectivity index (χ1) is 18.0. The van der Waals surface area contributed by atoms with Gasteiger partial charge >= 0.3 is 0 Å². The van der Waals surface area contributed by atoms with Gasteiger partial charge in [0.2, 0.25) is 5.91 Å². The fourth-order valence-electron chi connectivity index (χ4n) is 4.60. The van der Waals surface area contributed by atoms with E-state index in [2.05, 4.69) is 5.32 Å². The number of ether oxygens (including phenoxy) is 3. The second-order valence-corrected chi connectivity index (χ2v) is 9.56. The maximum absolute atomic E-state index is 13.9. The number of hydrogen-bond acceptors (Lipinski definition) is 6. The van der Waals surface area contributed by atoms with E-state index in [0.717, 1.165) is 10.6 Å². The van der Waals surface area contributed by atoms with Crippen LogP contribution in [0.2, 0.25) is 0 Å². The van der Waals surface area contributed by atoms with Gasteiger partial charge < -0.3 is 24.4 Å². The van der Waals surface area contributed by atoms with Gasteiger partial charge in [-0.3, -0.25) is 9.59 Å². The maximum Gasteiger partial charge on any atom is 0.254 e. The molecule has 37 heavy (non-hydrogen) atoms. The molecule has 2 atom stereocenters. The molecule has 8 heteroatoms. The Balaban J connectivity index is 1.49. The zero-order chi connectivity index (χ0) is 25.9. The molecule has 7 nitrogen and oxygen atoms in total. The highest BCUT2D eigenvalue weighted by Crippen LogP contribution is 2.47. The number of anilines is 1. The number of fused-ring (bicyclic) bond motifs is 1. The van der Waals surface area contributed by atoms with Gasteiger partial charge in [-0.15, -0.1) is 11.3 Å². The largest absolute Gasteiger partial charge is 0.493 e. The molecule has 0 aliphatic carbocycles. The number of methoxy groups -OCH3 is 2. The molecule has 0 spiro atoms. The third-order valence-corrected chi connectivity index (χ3v) is 7.34. The van der Waals surface area contributed by atoms with E-state index in [-0.39, 0.29) is 11.8 Å². The molecule has 1 aliphatic heterocycles. The average molecular weight is 515 g/mol. The van der Waals surface area contributed by atoms with Crippen molar-refractivity contribution >= 4 is 28.8 Å². The molecule has 0 saturated carbocycles. The van der Waals surface area contributed by atoms with Gasteiger partial charge in [-0.05, 0) is 65.5 Å². The number of nitrogens with one attached hydrogen (secondary N) is 1. The highest BCUT2D eigenvalue weighted by atomic mass is 32.1. The number of likely N-dealkylation sites (N-methyl/N-ethyl adjacent to an activating group) is 1. The number of carbonyl (C=O) groups excluding carboxylic acids is 2. The molecule has 3 aromatic carbocycles. The number of para-hydroxylation sites is 1. The van der Waals surface area contributed by atoms with Crippen LogP contribution in [0.4, 0.5) is 5.69 Å². The first-order valence-corrected chi connectivity index (χ1v) is 12.6. The Hall–Kier alpha value is -4.30. The zero-order valence-corrected chi connectivity index (χ0v) is 21.5. The van der Waals surface area contributed by atoms with E-state index in [0.29, 0.717) is 34.1 Å². The fraction of sp³-hybridized carbons (Fsp3) is 0.172. The van der Waals surface area contributed by atoms with E-state index < -0.39 is 12.0 Å². The van der Waals surface area contributed by atoms with Gasteiger partial charge in [-0.2, -0.15) is 0 Å². The highest BCUT2D eigenvalue weighted by molar-refractivity contribution is 7.10. The number of amides is 2. The van der Waals surface area contributed by atoms with Crippen LogP contribution >= 0.6 is 11.3 Å². The molecule has 188 valence electrons. The van der Waals surface area contributed by atoms with E-state index >= 15 is 0 Å². The maximum atomic E-state index is 13.9. The summed E-state index contributed by atoms with van der Waals surface area (Å²) < 4.78 is 16.8. The molecule has 0 saturated heterocycles. The standard InChI is InChI=1S/C29H26N2O5S/c1-31-27(25-10-7-15-37-25)26(21-16-23(34-2)24(35-3)17-22(21)29(31)33)28(32)30-18-11-13-20(14-12-18)36-19-8-5-4-6-9-19/h4-17,26-27H,1-3H3,(H,30,32)/t26-,27-/m0/s1. The van der Waals surface area contributed by atoms with Crippen LogP contribution in [0.15, 0.2) is 84.2 Å². The summed E-state index contributed by atoms with van der Waals surface area (Å²) in [5.74, 6) is 1.20. The van der Waals surface area contributed by atoms with Crippen molar-refractivity contribution in [3.63, 3.8) is 0 Å². The molecule has 1 aromatic heterocycles. The minimum atomic E-state index is -0.670. The highest BCUT2D eigenvalue weighted by Gasteiger charge is 2.44. The van der Waals surface area contributed by atoms with Crippen molar-refractivity contribution in [3.8, 4) is 23.0 Å². The molecule has 0 fully saturated rings. The SMILES string of the molecule is COc1cc2c(cc1OC)[C@H](C(=O)Nc1ccc(Oc3ccccc3)cc1)[C@H](c1cccs1)N(C)C2=O. The van der Waals surface area contributed by atoms with E-state index in [1.165, 1.54) is 25.6 Å². The molecule has 0 unspecified atom stereocenters. The molecule has 0 radical (unpaired) electrons. The molecule has 4 aromatic rings. The predicted octanol–water partition coefficient (Wildman–Crippen LogP) is 6.11. The zero-order valence-electron chi connectivity index (χ0n) is 20.6. The van der Waals surface area contributed by atoms with Crippen LogP contribution in [0.25, 0.3) is 0 Å². The molecule has 1 N–H and O–H groups in total. The van der Waals surface area contributed by atoms with Crippen molar-refractivity contribution in [3.05, 3.63) is 100 Å². The van der Waals surface area contributed by atoms with E-state index in [1.54, 1.807) is 48.3 Å². The lowest BCUT2D eigenvalue weighted by molar-refractivity contribution is -0.119. The number of hydrogen-bond donors (Lipinski definition) is 1. The van der Waals surface area contributed by atoms with Crippen LogP contribution in [-0.4, -0.2) is 38.0 Å². The van der Waals surface area contributed by atoms with Crippen LogP contribution < -0.4 is 19.5 Å². The van der Waals surface area contributed by atoms with Crippen LogP contribution in [0, 0.1) is 0 Å². The number of carbonyl (C=O) groups is 2. The third kappa shape index (κ3) is 4.75. The summed E-state index contributed by atoms with van der Waals surface area (Å²) in [5.41, 5.74) is 1.64.